The molecule has 0 amide bonds. The van der Waals surface area contributed by atoms with Gasteiger partial charge in [0.2, 0.25) is 0 Å². The number of nitrogens with zero attached hydrogens (tertiary/aromatic N) is 3. The first kappa shape index (κ1) is 21.8. The summed E-state index contributed by atoms with van der Waals surface area (Å²) in [6, 6.07) is 11.6. The molecule has 0 spiro atoms. The van der Waals surface area contributed by atoms with Crippen molar-refractivity contribution >= 4 is 27.0 Å². The van der Waals surface area contributed by atoms with Crippen molar-refractivity contribution in [3.8, 4) is 11.4 Å². The van der Waals surface area contributed by atoms with Crippen LogP contribution in [0.4, 0.5) is 0 Å². The highest BCUT2D eigenvalue weighted by molar-refractivity contribution is 9.10. The van der Waals surface area contributed by atoms with Crippen LogP contribution < -0.4 is 0 Å². The molecule has 0 aliphatic rings. The molecule has 1 N–H and O–H groups in total. The van der Waals surface area contributed by atoms with Crippen molar-refractivity contribution in [1.29, 1.82) is 0 Å². The summed E-state index contributed by atoms with van der Waals surface area (Å²) in [6.45, 7) is 2.27. The third kappa shape index (κ3) is 6.56. The second-order valence-corrected chi connectivity index (χ2v) is 8.79. The van der Waals surface area contributed by atoms with Gasteiger partial charge in [0.1, 0.15) is 22.5 Å². The maximum absolute atomic E-state index is 10.3. The molecular weight excluding hydrogens is 426 g/mol. The molecule has 1 heterocycles. The highest BCUT2D eigenvalue weighted by Gasteiger charge is 2.10. The quantitative estimate of drug-likeness (QED) is 0.289. The molecule has 2 aromatic carbocycles. The van der Waals surface area contributed by atoms with Crippen LogP contribution in [0.1, 0.15) is 76.7 Å². The summed E-state index contributed by atoms with van der Waals surface area (Å²) >= 11 is 3.46. The molecule has 156 valence electrons. The maximum atomic E-state index is 10.3. The Labute approximate surface area is 182 Å². The van der Waals surface area contributed by atoms with E-state index in [1.165, 1.54) is 74.6 Å². The van der Waals surface area contributed by atoms with Crippen LogP contribution in [0, 0.1) is 0 Å². The number of aryl methyl sites for hydroxylation is 1. The average Bonchev–Trinajstić information content (AvgIpc) is 3.13. The van der Waals surface area contributed by atoms with Crippen LogP contribution in [-0.2, 0) is 6.42 Å². The van der Waals surface area contributed by atoms with Gasteiger partial charge in [-0.15, -0.1) is 15.0 Å². The van der Waals surface area contributed by atoms with E-state index >= 15 is 0 Å². The predicted octanol–water partition coefficient (Wildman–Crippen LogP) is 7.35. The predicted molar refractivity (Wildman–Crippen MR) is 124 cm³/mol. The summed E-state index contributed by atoms with van der Waals surface area (Å²) in [7, 11) is 0. The lowest BCUT2D eigenvalue weighted by atomic mass is 10.0. The summed E-state index contributed by atoms with van der Waals surface area (Å²) in [5.41, 5.74) is 3.48. The molecule has 3 rings (SSSR count). The molecule has 0 saturated carbocycles. The van der Waals surface area contributed by atoms with E-state index in [-0.39, 0.29) is 5.75 Å². The first-order valence-electron chi connectivity index (χ1n) is 11.0. The van der Waals surface area contributed by atoms with Gasteiger partial charge in [0.15, 0.2) is 0 Å². The van der Waals surface area contributed by atoms with Crippen LogP contribution in [0.5, 0.6) is 5.75 Å². The maximum Gasteiger partial charge on any atom is 0.143 e. The van der Waals surface area contributed by atoms with Gasteiger partial charge in [-0.1, -0.05) is 86.7 Å². The third-order valence-electron chi connectivity index (χ3n) is 5.42. The van der Waals surface area contributed by atoms with E-state index in [0.717, 1.165) is 21.9 Å². The van der Waals surface area contributed by atoms with E-state index < -0.39 is 0 Å². The first-order chi connectivity index (χ1) is 14.2. The fourth-order valence-electron chi connectivity index (χ4n) is 3.70. The molecular formula is C24H32BrN3O. The Hall–Kier alpha value is -1.88. The Balaban J connectivity index is 1.48. The van der Waals surface area contributed by atoms with Gasteiger partial charge in [0, 0.05) is 4.47 Å². The Morgan fingerprint density at radius 1 is 0.793 bits per heavy atom. The van der Waals surface area contributed by atoms with Gasteiger partial charge in [-0.2, -0.15) is 0 Å². The number of unbranched alkanes of at least 4 members (excludes halogenated alkanes) is 9. The third-order valence-corrected chi connectivity index (χ3v) is 5.91. The van der Waals surface area contributed by atoms with E-state index in [9.17, 15) is 5.11 Å². The van der Waals surface area contributed by atoms with E-state index in [0.29, 0.717) is 5.69 Å². The number of halogens is 1. The number of phenolic OH excluding ortho intramolecular Hbond substituents is 1. The fraction of sp³-hybridized carbons (Fsp3) is 0.500. The van der Waals surface area contributed by atoms with Crippen LogP contribution >= 0.6 is 15.9 Å². The molecule has 4 nitrogen and oxygen atoms in total. The molecule has 0 fully saturated rings. The molecule has 3 aromatic rings. The van der Waals surface area contributed by atoms with E-state index in [4.69, 9.17) is 0 Å². The summed E-state index contributed by atoms with van der Waals surface area (Å²) in [4.78, 5) is 1.54. The van der Waals surface area contributed by atoms with Crippen LogP contribution in [-0.4, -0.2) is 20.1 Å². The molecule has 0 aliphatic heterocycles. The van der Waals surface area contributed by atoms with E-state index in [2.05, 4.69) is 33.1 Å². The molecule has 0 aliphatic carbocycles. The number of benzene rings is 2. The SMILES string of the molecule is CCCCCCCCCCCCc1ccc(O)c(-n2nc3ccc(Br)cc3n2)c1. The van der Waals surface area contributed by atoms with Gasteiger partial charge < -0.3 is 5.11 Å². The second-order valence-electron chi connectivity index (χ2n) is 7.88. The molecule has 5 heteroatoms. The lowest BCUT2D eigenvalue weighted by molar-refractivity contribution is 0.467. The largest absolute Gasteiger partial charge is 0.506 e. The number of aromatic nitrogens is 3. The minimum absolute atomic E-state index is 0.205. The Morgan fingerprint density at radius 2 is 1.45 bits per heavy atom. The van der Waals surface area contributed by atoms with Crippen molar-refractivity contribution in [2.24, 2.45) is 0 Å². The Morgan fingerprint density at radius 3 is 2.17 bits per heavy atom. The van der Waals surface area contributed by atoms with Crippen molar-refractivity contribution in [1.82, 2.24) is 15.0 Å². The van der Waals surface area contributed by atoms with Crippen molar-refractivity contribution in [3.63, 3.8) is 0 Å². The summed E-state index contributed by atoms with van der Waals surface area (Å²) in [5.74, 6) is 0.205. The molecule has 29 heavy (non-hydrogen) atoms. The van der Waals surface area contributed by atoms with Crippen molar-refractivity contribution in [2.75, 3.05) is 0 Å². The van der Waals surface area contributed by atoms with Crippen LogP contribution in [0.25, 0.3) is 16.7 Å². The van der Waals surface area contributed by atoms with Crippen molar-refractivity contribution in [2.45, 2.75) is 77.6 Å². The number of rotatable bonds is 12. The Bertz CT molecular complexity index is 906. The van der Waals surface area contributed by atoms with Gasteiger partial charge in [-0.25, -0.2) is 0 Å². The van der Waals surface area contributed by atoms with Gasteiger partial charge in [-0.3, -0.25) is 0 Å². The summed E-state index contributed by atoms with van der Waals surface area (Å²) in [5, 5.41) is 19.3. The lowest BCUT2D eigenvalue weighted by Crippen LogP contribution is -2.00. The number of hydrogen-bond donors (Lipinski definition) is 1. The highest BCUT2D eigenvalue weighted by atomic mass is 79.9. The molecule has 0 unspecified atom stereocenters. The van der Waals surface area contributed by atoms with Gasteiger partial charge in [-0.05, 0) is 48.7 Å². The van der Waals surface area contributed by atoms with Gasteiger partial charge in [0.25, 0.3) is 0 Å². The van der Waals surface area contributed by atoms with Crippen LogP contribution in [0.2, 0.25) is 0 Å². The lowest BCUT2D eigenvalue weighted by Gasteiger charge is -2.07. The molecule has 1 aromatic heterocycles. The smallest absolute Gasteiger partial charge is 0.143 e. The zero-order chi connectivity index (χ0) is 20.5. The monoisotopic (exact) mass is 457 g/mol. The first-order valence-corrected chi connectivity index (χ1v) is 11.8. The molecule has 0 saturated heterocycles. The van der Waals surface area contributed by atoms with Crippen LogP contribution in [0.3, 0.4) is 0 Å². The highest BCUT2D eigenvalue weighted by Crippen LogP contribution is 2.25. The molecule has 0 atom stereocenters. The number of hydrogen-bond acceptors (Lipinski definition) is 3. The number of aromatic hydroxyl groups is 1. The van der Waals surface area contributed by atoms with E-state index in [1.807, 2.05) is 30.3 Å². The zero-order valence-electron chi connectivity index (χ0n) is 17.4. The van der Waals surface area contributed by atoms with E-state index in [1.54, 1.807) is 6.07 Å². The second kappa shape index (κ2) is 11.3. The standard InChI is InChI=1S/C24H32BrN3O/c1-2-3-4-5-6-7-8-9-10-11-12-19-13-16-24(29)23(17-19)28-26-21-15-14-20(25)18-22(21)27-28/h13-18,29H,2-12H2,1H3. The zero-order valence-corrected chi connectivity index (χ0v) is 19.0. The van der Waals surface area contributed by atoms with Gasteiger partial charge >= 0.3 is 0 Å². The topological polar surface area (TPSA) is 50.9 Å². The molecule has 0 radical (unpaired) electrons. The normalized spacial score (nSPS) is 11.4. The Kier molecular flexibility index (Phi) is 8.53. The fourth-order valence-corrected chi connectivity index (χ4v) is 4.05. The number of phenols is 1. The van der Waals surface area contributed by atoms with Crippen molar-refractivity contribution in [3.05, 3.63) is 46.4 Å². The number of fused-ring (bicyclic) bond motifs is 1. The van der Waals surface area contributed by atoms with Crippen molar-refractivity contribution < 1.29 is 5.11 Å². The summed E-state index contributed by atoms with van der Waals surface area (Å²) in [6.07, 6.45) is 14.4. The van der Waals surface area contributed by atoms with Gasteiger partial charge in [0.05, 0.1) is 0 Å². The van der Waals surface area contributed by atoms with Crippen LogP contribution in [0.15, 0.2) is 40.9 Å². The minimum atomic E-state index is 0.205. The molecule has 0 bridgehead atoms. The summed E-state index contributed by atoms with van der Waals surface area (Å²) < 4.78 is 0.969. The average molecular weight is 458 g/mol. The minimum Gasteiger partial charge on any atom is -0.506 e.